The first kappa shape index (κ1) is 16.5. The molecular weight excluding hydrogens is 316 g/mol. The molecule has 2 heteroatoms. The summed E-state index contributed by atoms with van der Waals surface area (Å²) < 4.78 is 0. The van der Waals surface area contributed by atoms with Crippen molar-refractivity contribution in [2.75, 3.05) is 0 Å². The molecule has 0 saturated heterocycles. The number of benzene rings is 3. The average Bonchev–Trinajstić information content (AvgIpc) is 2.98. The Hall–Kier alpha value is -3.00. The van der Waals surface area contributed by atoms with Gasteiger partial charge in [0.15, 0.2) is 0 Å². The van der Waals surface area contributed by atoms with Crippen molar-refractivity contribution in [1.82, 2.24) is 0 Å². The summed E-state index contributed by atoms with van der Waals surface area (Å²) in [4.78, 5) is 0. The Kier molecular flexibility index (Phi) is 4.04. The predicted molar refractivity (Wildman–Crippen MR) is 110 cm³/mol. The minimum Gasteiger partial charge on any atom is -0.154 e. The van der Waals surface area contributed by atoms with Gasteiger partial charge in [-0.1, -0.05) is 84.4 Å². The van der Waals surface area contributed by atoms with Crippen molar-refractivity contribution in [3.8, 4) is 11.1 Å². The molecule has 0 bridgehead atoms. The van der Waals surface area contributed by atoms with Crippen molar-refractivity contribution in [2.45, 2.75) is 20.8 Å². The van der Waals surface area contributed by atoms with Gasteiger partial charge in [-0.3, -0.25) is 0 Å². The van der Waals surface area contributed by atoms with Crippen LogP contribution in [0.25, 0.3) is 11.1 Å². The Labute approximate surface area is 154 Å². The van der Waals surface area contributed by atoms with E-state index in [1.807, 2.05) is 6.07 Å². The van der Waals surface area contributed by atoms with E-state index in [-0.39, 0.29) is 5.41 Å². The molecule has 0 aromatic heterocycles. The van der Waals surface area contributed by atoms with Crippen LogP contribution in [0.3, 0.4) is 0 Å². The van der Waals surface area contributed by atoms with E-state index < -0.39 is 0 Å². The maximum absolute atomic E-state index is 4.55. The fourth-order valence-electron chi connectivity index (χ4n) is 3.46. The van der Waals surface area contributed by atoms with Crippen LogP contribution in [0.5, 0.6) is 0 Å². The first-order valence-corrected chi connectivity index (χ1v) is 8.95. The van der Waals surface area contributed by atoms with Crippen molar-refractivity contribution < 1.29 is 0 Å². The molecule has 3 aromatic carbocycles. The zero-order valence-electron chi connectivity index (χ0n) is 15.4. The van der Waals surface area contributed by atoms with Crippen LogP contribution in [0.15, 0.2) is 89.1 Å². The first-order chi connectivity index (χ1) is 12.6. The number of hydrogen-bond donors (Lipinski definition) is 0. The summed E-state index contributed by atoms with van der Waals surface area (Å²) in [5.74, 6) is 0. The standard InChI is InChI=1S/C24H22N2/c1-17-9-11-20(12-10-17)22-24(2,3)23(26-25-22)21-15-13-19(14-16-21)18-7-5-4-6-8-18/h4-16H,1-3H3. The molecule has 0 saturated carbocycles. The summed E-state index contributed by atoms with van der Waals surface area (Å²) in [6.07, 6.45) is 0. The molecule has 0 amide bonds. The van der Waals surface area contributed by atoms with E-state index in [1.54, 1.807) is 0 Å². The Bertz CT molecular complexity index is 977. The predicted octanol–water partition coefficient (Wildman–Crippen LogP) is 5.90. The molecule has 4 rings (SSSR count). The van der Waals surface area contributed by atoms with Crippen LogP contribution in [0.1, 0.15) is 30.5 Å². The van der Waals surface area contributed by atoms with Crippen LogP contribution >= 0.6 is 0 Å². The van der Waals surface area contributed by atoms with Gasteiger partial charge in [0.1, 0.15) is 0 Å². The van der Waals surface area contributed by atoms with Crippen molar-refractivity contribution in [3.63, 3.8) is 0 Å². The zero-order chi connectivity index (χ0) is 18.1. The van der Waals surface area contributed by atoms with Gasteiger partial charge < -0.3 is 0 Å². The summed E-state index contributed by atoms with van der Waals surface area (Å²) in [5, 5.41) is 9.08. The molecule has 0 unspecified atom stereocenters. The fourth-order valence-corrected chi connectivity index (χ4v) is 3.46. The molecule has 0 aliphatic carbocycles. The largest absolute Gasteiger partial charge is 0.154 e. The highest BCUT2D eigenvalue weighted by atomic mass is 15.2. The van der Waals surface area contributed by atoms with E-state index in [0.29, 0.717) is 0 Å². The van der Waals surface area contributed by atoms with E-state index >= 15 is 0 Å². The number of hydrogen-bond acceptors (Lipinski definition) is 2. The zero-order valence-corrected chi connectivity index (χ0v) is 15.4. The van der Waals surface area contributed by atoms with Crippen LogP contribution in [-0.2, 0) is 0 Å². The lowest BCUT2D eigenvalue weighted by atomic mass is 9.77. The van der Waals surface area contributed by atoms with Crippen LogP contribution in [-0.4, -0.2) is 11.4 Å². The summed E-state index contributed by atoms with van der Waals surface area (Å²) >= 11 is 0. The Morgan fingerprint density at radius 1 is 0.538 bits per heavy atom. The Morgan fingerprint density at radius 3 is 1.50 bits per heavy atom. The third kappa shape index (κ3) is 2.88. The van der Waals surface area contributed by atoms with E-state index in [2.05, 4.69) is 104 Å². The Morgan fingerprint density at radius 2 is 0.962 bits per heavy atom. The van der Waals surface area contributed by atoms with Crippen LogP contribution in [0, 0.1) is 12.3 Å². The van der Waals surface area contributed by atoms with E-state index in [9.17, 15) is 0 Å². The summed E-state index contributed by atoms with van der Waals surface area (Å²) in [6, 6.07) is 27.6. The second-order valence-electron chi connectivity index (χ2n) is 7.33. The first-order valence-electron chi connectivity index (χ1n) is 8.95. The molecule has 1 heterocycles. The molecule has 0 N–H and O–H groups in total. The van der Waals surface area contributed by atoms with Crippen molar-refractivity contribution in [3.05, 3.63) is 95.6 Å². The third-order valence-electron chi connectivity index (χ3n) is 5.02. The monoisotopic (exact) mass is 338 g/mol. The average molecular weight is 338 g/mol. The maximum atomic E-state index is 4.55. The lowest BCUT2D eigenvalue weighted by molar-refractivity contribution is 0.745. The summed E-state index contributed by atoms with van der Waals surface area (Å²) in [7, 11) is 0. The van der Waals surface area contributed by atoms with Gasteiger partial charge in [0, 0.05) is 0 Å². The van der Waals surface area contributed by atoms with Crippen LogP contribution in [0.4, 0.5) is 0 Å². The second-order valence-corrected chi connectivity index (χ2v) is 7.33. The van der Waals surface area contributed by atoms with E-state index in [4.69, 9.17) is 0 Å². The van der Waals surface area contributed by atoms with E-state index in [0.717, 1.165) is 22.6 Å². The lowest BCUT2D eigenvalue weighted by Crippen LogP contribution is -2.31. The molecule has 1 aliphatic rings. The van der Waals surface area contributed by atoms with Gasteiger partial charge in [-0.05, 0) is 43.0 Å². The van der Waals surface area contributed by atoms with Gasteiger partial charge >= 0.3 is 0 Å². The van der Waals surface area contributed by atoms with Crippen molar-refractivity contribution in [1.29, 1.82) is 0 Å². The molecule has 26 heavy (non-hydrogen) atoms. The van der Waals surface area contributed by atoms with Crippen LogP contribution < -0.4 is 0 Å². The topological polar surface area (TPSA) is 24.7 Å². The minimum absolute atomic E-state index is 0.219. The molecule has 2 nitrogen and oxygen atoms in total. The number of rotatable bonds is 3. The molecule has 0 spiro atoms. The van der Waals surface area contributed by atoms with Gasteiger partial charge in [-0.2, -0.15) is 10.2 Å². The van der Waals surface area contributed by atoms with E-state index in [1.165, 1.54) is 16.7 Å². The fraction of sp³-hybridized carbons (Fsp3) is 0.167. The molecule has 0 atom stereocenters. The van der Waals surface area contributed by atoms with Gasteiger partial charge in [0.05, 0.1) is 16.8 Å². The van der Waals surface area contributed by atoms with Gasteiger partial charge in [0.25, 0.3) is 0 Å². The SMILES string of the molecule is Cc1ccc(C2=NN=C(c3ccc(-c4ccccc4)cc3)C2(C)C)cc1. The van der Waals surface area contributed by atoms with Gasteiger partial charge in [0.2, 0.25) is 0 Å². The third-order valence-corrected chi connectivity index (χ3v) is 5.02. The molecule has 128 valence electrons. The maximum Gasteiger partial charge on any atom is 0.0819 e. The highest BCUT2D eigenvalue weighted by Crippen LogP contribution is 2.33. The summed E-state index contributed by atoms with van der Waals surface area (Å²) in [6.45, 7) is 6.49. The van der Waals surface area contributed by atoms with Gasteiger partial charge in [-0.25, -0.2) is 0 Å². The molecule has 0 fully saturated rings. The lowest BCUT2D eigenvalue weighted by Gasteiger charge is -2.23. The van der Waals surface area contributed by atoms with Crippen molar-refractivity contribution >= 4 is 11.4 Å². The molecular formula is C24H22N2. The highest BCUT2D eigenvalue weighted by Gasteiger charge is 2.37. The smallest absolute Gasteiger partial charge is 0.0819 e. The normalized spacial score (nSPS) is 15.5. The van der Waals surface area contributed by atoms with Crippen molar-refractivity contribution in [2.24, 2.45) is 15.6 Å². The molecule has 3 aromatic rings. The second kappa shape index (κ2) is 6.38. The minimum atomic E-state index is -0.219. The van der Waals surface area contributed by atoms with Crippen LogP contribution in [0.2, 0.25) is 0 Å². The summed E-state index contributed by atoms with van der Waals surface area (Å²) in [5.41, 5.74) is 7.79. The highest BCUT2D eigenvalue weighted by molar-refractivity contribution is 6.25. The molecule has 1 aliphatic heterocycles. The molecule has 0 radical (unpaired) electrons. The number of aryl methyl sites for hydroxylation is 1. The Balaban J connectivity index is 1.62. The van der Waals surface area contributed by atoms with Gasteiger partial charge in [-0.15, -0.1) is 0 Å². The quantitative estimate of drug-likeness (QED) is 0.568. The number of nitrogens with zero attached hydrogens (tertiary/aromatic N) is 2.